The summed E-state index contributed by atoms with van der Waals surface area (Å²) in [6, 6.07) is 0.0729. The molecule has 0 radical (unpaired) electrons. The number of likely N-dealkylation sites (N-methyl/N-ethyl adjacent to an activating group) is 1. The van der Waals surface area contributed by atoms with E-state index in [1.807, 2.05) is 14.0 Å². The lowest BCUT2D eigenvalue weighted by molar-refractivity contribution is 0.288. The Balaban J connectivity index is 3.71. The van der Waals surface area contributed by atoms with Gasteiger partial charge in [0.1, 0.15) is 5.84 Å². The minimum absolute atomic E-state index is 0.0729. The van der Waals surface area contributed by atoms with E-state index in [1.165, 1.54) is 0 Å². The number of nitrogens with one attached hydrogen (secondary N) is 1. The molecule has 3 nitrogen and oxygen atoms in total. The van der Waals surface area contributed by atoms with Crippen LogP contribution in [0.1, 0.15) is 27.2 Å². The van der Waals surface area contributed by atoms with Crippen molar-refractivity contribution in [3.8, 4) is 0 Å². The molecule has 0 aliphatic rings. The predicted molar refractivity (Wildman–Crippen MR) is 53.5 cm³/mol. The third-order valence-corrected chi connectivity index (χ3v) is 2.17. The van der Waals surface area contributed by atoms with E-state index in [0.717, 1.165) is 13.0 Å². The van der Waals surface area contributed by atoms with Crippen molar-refractivity contribution in [2.45, 2.75) is 33.2 Å². The van der Waals surface area contributed by atoms with Gasteiger partial charge in [-0.1, -0.05) is 13.8 Å². The van der Waals surface area contributed by atoms with Crippen LogP contribution < -0.4 is 5.73 Å². The van der Waals surface area contributed by atoms with E-state index in [0.29, 0.717) is 5.92 Å². The average molecular weight is 171 g/mol. The Morgan fingerprint density at radius 3 is 2.25 bits per heavy atom. The minimum atomic E-state index is 0.0729. The minimum Gasteiger partial charge on any atom is -0.386 e. The van der Waals surface area contributed by atoms with Crippen LogP contribution in [-0.4, -0.2) is 30.4 Å². The SMILES string of the molecule is CC(C)CCN(C)C(C)C(=N)N. The summed E-state index contributed by atoms with van der Waals surface area (Å²) >= 11 is 0. The van der Waals surface area contributed by atoms with Crippen LogP contribution in [0.3, 0.4) is 0 Å². The van der Waals surface area contributed by atoms with Gasteiger partial charge in [-0.05, 0) is 32.9 Å². The molecule has 0 aromatic rings. The monoisotopic (exact) mass is 171 g/mol. The van der Waals surface area contributed by atoms with Gasteiger partial charge in [-0.3, -0.25) is 10.3 Å². The van der Waals surface area contributed by atoms with Crippen molar-refractivity contribution in [3.05, 3.63) is 0 Å². The fourth-order valence-corrected chi connectivity index (χ4v) is 0.893. The maximum absolute atomic E-state index is 7.25. The Bertz CT molecular complexity index is 143. The zero-order valence-electron chi connectivity index (χ0n) is 8.59. The summed E-state index contributed by atoms with van der Waals surface area (Å²) in [6.45, 7) is 7.37. The molecule has 0 aliphatic carbocycles. The Labute approximate surface area is 75.4 Å². The van der Waals surface area contributed by atoms with Crippen molar-refractivity contribution in [1.82, 2.24) is 4.90 Å². The van der Waals surface area contributed by atoms with Gasteiger partial charge in [-0.15, -0.1) is 0 Å². The van der Waals surface area contributed by atoms with E-state index in [-0.39, 0.29) is 11.9 Å². The molecule has 0 saturated heterocycles. The third-order valence-electron chi connectivity index (χ3n) is 2.17. The van der Waals surface area contributed by atoms with Crippen LogP contribution in [0.15, 0.2) is 0 Å². The maximum Gasteiger partial charge on any atom is 0.108 e. The first-order chi connectivity index (χ1) is 5.45. The van der Waals surface area contributed by atoms with E-state index in [1.54, 1.807) is 0 Å². The van der Waals surface area contributed by atoms with E-state index < -0.39 is 0 Å². The molecular formula is C9H21N3. The van der Waals surface area contributed by atoms with Gasteiger partial charge < -0.3 is 5.73 Å². The number of hydrogen-bond acceptors (Lipinski definition) is 2. The van der Waals surface area contributed by atoms with Crippen LogP contribution in [0.5, 0.6) is 0 Å². The molecule has 3 heteroatoms. The van der Waals surface area contributed by atoms with Crippen LogP contribution in [0, 0.1) is 11.3 Å². The Kier molecular flexibility index (Phi) is 4.90. The molecule has 0 heterocycles. The summed E-state index contributed by atoms with van der Waals surface area (Å²) in [7, 11) is 2.01. The largest absolute Gasteiger partial charge is 0.386 e. The molecule has 0 aromatic carbocycles. The number of amidine groups is 1. The zero-order valence-corrected chi connectivity index (χ0v) is 8.59. The van der Waals surface area contributed by atoms with E-state index in [4.69, 9.17) is 11.1 Å². The second kappa shape index (κ2) is 5.14. The highest BCUT2D eigenvalue weighted by Gasteiger charge is 2.11. The molecule has 72 valence electrons. The first kappa shape index (κ1) is 11.4. The molecule has 12 heavy (non-hydrogen) atoms. The smallest absolute Gasteiger partial charge is 0.108 e. The van der Waals surface area contributed by atoms with Crippen molar-refractivity contribution >= 4 is 5.84 Å². The fourth-order valence-electron chi connectivity index (χ4n) is 0.893. The molecular weight excluding hydrogens is 150 g/mol. The molecule has 3 N–H and O–H groups in total. The molecule has 0 aromatic heterocycles. The predicted octanol–water partition coefficient (Wildman–Crippen LogP) is 1.29. The lowest BCUT2D eigenvalue weighted by Gasteiger charge is -2.24. The van der Waals surface area contributed by atoms with Crippen LogP contribution in [-0.2, 0) is 0 Å². The van der Waals surface area contributed by atoms with Crippen molar-refractivity contribution in [3.63, 3.8) is 0 Å². The van der Waals surface area contributed by atoms with E-state index >= 15 is 0 Å². The highest BCUT2D eigenvalue weighted by Crippen LogP contribution is 2.03. The Morgan fingerprint density at radius 2 is 1.92 bits per heavy atom. The van der Waals surface area contributed by atoms with Gasteiger partial charge in [0, 0.05) is 0 Å². The standard InChI is InChI=1S/C9H21N3/c1-7(2)5-6-12(4)8(3)9(10)11/h7-8H,5-6H2,1-4H3,(H3,10,11). The Hall–Kier alpha value is -0.570. The van der Waals surface area contributed by atoms with Gasteiger partial charge in [0.05, 0.1) is 6.04 Å². The molecule has 0 saturated carbocycles. The lowest BCUT2D eigenvalue weighted by atomic mass is 10.1. The van der Waals surface area contributed by atoms with E-state index in [9.17, 15) is 0 Å². The quantitative estimate of drug-likeness (QED) is 0.484. The maximum atomic E-state index is 7.25. The van der Waals surface area contributed by atoms with Crippen LogP contribution in [0.4, 0.5) is 0 Å². The van der Waals surface area contributed by atoms with Gasteiger partial charge in [-0.2, -0.15) is 0 Å². The first-order valence-electron chi connectivity index (χ1n) is 4.49. The molecule has 0 fully saturated rings. The summed E-state index contributed by atoms with van der Waals surface area (Å²) in [6.07, 6.45) is 1.16. The van der Waals surface area contributed by atoms with Crippen molar-refractivity contribution < 1.29 is 0 Å². The summed E-state index contributed by atoms with van der Waals surface area (Å²) in [5.74, 6) is 0.966. The summed E-state index contributed by atoms with van der Waals surface area (Å²) in [5.41, 5.74) is 5.38. The van der Waals surface area contributed by atoms with Crippen molar-refractivity contribution in [2.75, 3.05) is 13.6 Å². The molecule has 0 rings (SSSR count). The molecule has 0 aliphatic heterocycles. The topological polar surface area (TPSA) is 53.1 Å². The van der Waals surface area contributed by atoms with E-state index in [2.05, 4.69) is 18.7 Å². The third kappa shape index (κ3) is 4.34. The first-order valence-corrected chi connectivity index (χ1v) is 4.49. The van der Waals surface area contributed by atoms with Crippen molar-refractivity contribution in [2.24, 2.45) is 11.7 Å². The van der Waals surface area contributed by atoms with Gasteiger partial charge >= 0.3 is 0 Å². The second-order valence-corrected chi connectivity index (χ2v) is 3.79. The van der Waals surface area contributed by atoms with Crippen LogP contribution in [0.2, 0.25) is 0 Å². The highest BCUT2D eigenvalue weighted by molar-refractivity contribution is 5.82. The highest BCUT2D eigenvalue weighted by atomic mass is 15.1. The van der Waals surface area contributed by atoms with Crippen LogP contribution in [0.25, 0.3) is 0 Å². The second-order valence-electron chi connectivity index (χ2n) is 3.79. The normalized spacial score (nSPS) is 13.8. The lowest BCUT2D eigenvalue weighted by Crippen LogP contribution is -2.40. The molecule has 0 spiro atoms. The number of hydrogen-bond donors (Lipinski definition) is 2. The average Bonchev–Trinajstić information content (AvgIpc) is 1.98. The Morgan fingerprint density at radius 1 is 1.42 bits per heavy atom. The van der Waals surface area contributed by atoms with Gasteiger partial charge in [-0.25, -0.2) is 0 Å². The van der Waals surface area contributed by atoms with Gasteiger partial charge in [0.2, 0.25) is 0 Å². The summed E-state index contributed by atoms with van der Waals surface area (Å²) < 4.78 is 0. The number of nitrogens with two attached hydrogens (primary N) is 1. The zero-order chi connectivity index (χ0) is 9.72. The van der Waals surface area contributed by atoms with Gasteiger partial charge in [0.25, 0.3) is 0 Å². The number of nitrogens with zero attached hydrogens (tertiary/aromatic N) is 1. The number of rotatable bonds is 5. The fraction of sp³-hybridized carbons (Fsp3) is 0.889. The molecule has 0 bridgehead atoms. The van der Waals surface area contributed by atoms with Gasteiger partial charge in [0.15, 0.2) is 0 Å². The molecule has 0 amide bonds. The van der Waals surface area contributed by atoms with Crippen molar-refractivity contribution in [1.29, 1.82) is 5.41 Å². The molecule has 1 atom stereocenters. The summed E-state index contributed by atoms with van der Waals surface area (Å²) in [4.78, 5) is 2.11. The van der Waals surface area contributed by atoms with Crippen LogP contribution >= 0.6 is 0 Å². The summed E-state index contributed by atoms with van der Waals surface area (Å²) in [5, 5.41) is 7.25. The molecule has 1 unspecified atom stereocenters.